The number of ether oxygens (including phenoxy) is 2. The van der Waals surface area contributed by atoms with Crippen LogP contribution in [0, 0.1) is 0 Å². The monoisotopic (exact) mass is 388 g/mol. The summed E-state index contributed by atoms with van der Waals surface area (Å²) in [4.78, 5) is 40.5. The minimum atomic E-state index is -0.425. The van der Waals surface area contributed by atoms with E-state index in [9.17, 15) is 14.4 Å². The Morgan fingerprint density at radius 2 is 1.81 bits per heavy atom. The van der Waals surface area contributed by atoms with Gasteiger partial charge in [0.25, 0.3) is 11.1 Å². The number of benzene rings is 1. The van der Waals surface area contributed by atoms with Crippen LogP contribution < -0.4 is 9.47 Å². The van der Waals surface area contributed by atoms with Gasteiger partial charge in [-0.25, -0.2) is 0 Å². The lowest BCUT2D eigenvalue weighted by molar-refractivity contribution is -0.135. The second-order valence-corrected chi connectivity index (χ2v) is 7.67. The molecule has 3 aliphatic rings. The summed E-state index contributed by atoms with van der Waals surface area (Å²) in [5.74, 6) is 0.678. The van der Waals surface area contributed by atoms with E-state index in [-0.39, 0.29) is 19.2 Å². The molecule has 0 bridgehead atoms. The number of amides is 3. The van der Waals surface area contributed by atoms with Crippen molar-refractivity contribution >= 4 is 34.9 Å². The molecule has 1 aromatic rings. The summed E-state index contributed by atoms with van der Waals surface area (Å²) < 4.78 is 10.6. The Morgan fingerprint density at radius 3 is 2.59 bits per heavy atom. The summed E-state index contributed by atoms with van der Waals surface area (Å²) in [7, 11) is 0. The predicted octanol–water partition coefficient (Wildman–Crippen LogP) is 2.85. The second-order valence-electron chi connectivity index (χ2n) is 6.68. The van der Waals surface area contributed by atoms with Gasteiger partial charge in [0.15, 0.2) is 11.5 Å². The Balaban J connectivity index is 1.46. The highest BCUT2D eigenvalue weighted by Crippen LogP contribution is 2.36. The molecule has 2 saturated heterocycles. The molecule has 0 aromatic heterocycles. The number of hydrogen-bond acceptors (Lipinski definition) is 6. The molecule has 4 rings (SSSR count). The second kappa shape index (κ2) is 7.64. The Bertz CT molecular complexity index is 814. The van der Waals surface area contributed by atoms with Crippen LogP contribution in [0.5, 0.6) is 11.5 Å². The van der Waals surface area contributed by atoms with Gasteiger partial charge in [0.1, 0.15) is 6.54 Å². The number of nitrogens with zero attached hydrogens (tertiary/aromatic N) is 2. The highest BCUT2D eigenvalue weighted by molar-refractivity contribution is 8.18. The SMILES string of the molecule is O=C(CN1C(=O)S/C(=C\c2ccc3c(c2)OCO3)C1=O)N1CCCCCC1. The molecular weight excluding hydrogens is 368 g/mol. The van der Waals surface area contributed by atoms with Crippen molar-refractivity contribution in [2.75, 3.05) is 26.4 Å². The summed E-state index contributed by atoms with van der Waals surface area (Å²) in [6.45, 7) is 1.38. The van der Waals surface area contributed by atoms with E-state index in [1.54, 1.807) is 29.2 Å². The average Bonchev–Trinajstić information content (AvgIpc) is 3.09. The van der Waals surface area contributed by atoms with E-state index < -0.39 is 11.1 Å². The van der Waals surface area contributed by atoms with Crippen LogP contribution in [-0.4, -0.2) is 53.3 Å². The zero-order chi connectivity index (χ0) is 18.8. The smallest absolute Gasteiger partial charge is 0.294 e. The van der Waals surface area contributed by atoms with Crippen molar-refractivity contribution in [3.8, 4) is 11.5 Å². The lowest BCUT2D eigenvalue weighted by atomic mass is 10.2. The molecule has 0 radical (unpaired) electrons. The number of carbonyl (C=O) groups is 3. The van der Waals surface area contributed by atoms with Crippen molar-refractivity contribution in [3.05, 3.63) is 28.7 Å². The van der Waals surface area contributed by atoms with Crippen molar-refractivity contribution in [1.82, 2.24) is 9.80 Å². The van der Waals surface area contributed by atoms with E-state index >= 15 is 0 Å². The summed E-state index contributed by atoms with van der Waals surface area (Å²) in [6, 6.07) is 5.32. The van der Waals surface area contributed by atoms with Gasteiger partial charge in [-0.15, -0.1) is 0 Å². The minimum absolute atomic E-state index is 0.163. The molecule has 2 fully saturated rings. The first kappa shape index (κ1) is 17.9. The fraction of sp³-hybridized carbons (Fsp3) is 0.421. The van der Waals surface area contributed by atoms with Gasteiger partial charge in [0.05, 0.1) is 4.91 Å². The van der Waals surface area contributed by atoms with Crippen LogP contribution in [0.2, 0.25) is 0 Å². The van der Waals surface area contributed by atoms with Gasteiger partial charge in [0.2, 0.25) is 12.7 Å². The molecule has 0 aliphatic carbocycles. The zero-order valence-electron chi connectivity index (χ0n) is 14.8. The topological polar surface area (TPSA) is 76.1 Å². The largest absolute Gasteiger partial charge is 0.454 e. The Kier molecular flexibility index (Phi) is 5.07. The molecule has 0 saturated carbocycles. The van der Waals surface area contributed by atoms with Gasteiger partial charge >= 0.3 is 0 Å². The van der Waals surface area contributed by atoms with Crippen molar-refractivity contribution in [2.24, 2.45) is 0 Å². The number of rotatable bonds is 3. The van der Waals surface area contributed by atoms with Gasteiger partial charge in [-0.2, -0.15) is 0 Å². The van der Waals surface area contributed by atoms with Gasteiger partial charge < -0.3 is 14.4 Å². The quantitative estimate of drug-likeness (QED) is 0.741. The van der Waals surface area contributed by atoms with E-state index in [1.807, 2.05) is 0 Å². The highest BCUT2D eigenvalue weighted by atomic mass is 32.2. The first-order valence-electron chi connectivity index (χ1n) is 9.04. The third kappa shape index (κ3) is 3.80. The molecule has 0 atom stereocenters. The van der Waals surface area contributed by atoms with Gasteiger partial charge in [0, 0.05) is 13.1 Å². The number of hydrogen-bond donors (Lipinski definition) is 0. The first-order chi connectivity index (χ1) is 13.1. The lowest BCUT2D eigenvalue weighted by Crippen LogP contribution is -2.42. The molecular formula is C19H20N2O5S. The van der Waals surface area contributed by atoms with Gasteiger partial charge in [-0.3, -0.25) is 19.3 Å². The van der Waals surface area contributed by atoms with Crippen LogP contribution in [0.3, 0.4) is 0 Å². The molecule has 0 spiro atoms. The number of likely N-dealkylation sites (tertiary alicyclic amines) is 1. The summed E-state index contributed by atoms with van der Waals surface area (Å²) in [5, 5.41) is -0.407. The van der Waals surface area contributed by atoms with Crippen LogP contribution in [-0.2, 0) is 9.59 Å². The molecule has 3 amide bonds. The van der Waals surface area contributed by atoms with Crippen LogP contribution in [0.4, 0.5) is 4.79 Å². The Labute approximate surface area is 161 Å². The number of fused-ring (bicyclic) bond motifs is 1. The number of thioether (sulfide) groups is 1. The van der Waals surface area contributed by atoms with E-state index in [1.165, 1.54) is 0 Å². The maximum atomic E-state index is 12.6. The van der Waals surface area contributed by atoms with E-state index in [2.05, 4.69) is 0 Å². The zero-order valence-corrected chi connectivity index (χ0v) is 15.6. The van der Waals surface area contributed by atoms with Crippen LogP contribution >= 0.6 is 11.8 Å². The van der Waals surface area contributed by atoms with Crippen molar-refractivity contribution in [1.29, 1.82) is 0 Å². The van der Waals surface area contributed by atoms with Crippen LogP contribution in [0.15, 0.2) is 23.1 Å². The maximum absolute atomic E-state index is 12.6. The summed E-state index contributed by atoms with van der Waals surface area (Å²) in [6.07, 6.45) is 5.81. The van der Waals surface area contributed by atoms with Crippen LogP contribution in [0.1, 0.15) is 31.2 Å². The average molecular weight is 388 g/mol. The van der Waals surface area contributed by atoms with E-state index in [0.717, 1.165) is 47.9 Å². The third-order valence-corrected chi connectivity index (χ3v) is 5.73. The molecule has 3 heterocycles. The molecule has 8 heteroatoms. The van der Waals surface area contributed by atoms with E-state index in [0.29, 0.717) is 29.5 Å². The van der Waals surface area contributed by atoms with Crippen molar-refractivity contribution < 1.29 is 23.9 Å². The lowest BCUT2D eigenvalue weighted by Gasteiger charge is -2.22. The molecule has 1 aromatic carbocycles. The van der Waals surface area contributed by atoms with Gasteiger partial charge in [-0.1, -0.05) is 18.9 Å². The minimum Gasteiger partial charge on any atom is -0.454 e. The maximum Gasteiger partial charge on any atom is 0.294 e. The molecule has 0 unspecified atom stereocenters. The fourth-order valence-electron chi connectivity index (χ4n) is 3.35. The Hall–Kier alpha value is -2.48. The Morgan fingerprint density at radius 1 is 1.07 bits per heavy atom. The fourth-order valence-corrected chi connectivity index (χ4v) is 4.18. The molecule has 142 valence electrons. The molecule has 0 N–H and O–H groups in total. The van der Waals surface area contributed by atoms with Gasteiger partial charge in [-0.05, 0) is 48.4 Å². The standard InChI is InChI=1S/C19H20N2O5S/c22-17(20-7-3-1-2-4-8-20)11-21-18(23)16(27-19(21)24)10-13-5-6-14-15(9-13)26-12-25-14/h5-6,9-10H,1-4,7-8,11-12H2/b16-10-. The molecule has 7 nitrogen and oxygen atoms in total. The van der Waals surface area contributed by atoms with E-state index in [4.69, 9.17) is 9.47 Å². The van der Waals surface area contributed by atoms with Crippen molar-refractivity contribution in [3.63, 3.8) is 0 Å². The number of carbonyl (C=O) groups excluding carboxylic acids is 3. The predicted molar refractivity (Wildman–Crippen MR) is 100 cm³/mol. The molecule has 3 aliphatic heterocycles. The summed E-state index contributed by atoms with van der Waals surface area (Å²) >= 11 is 0.858. The molecule has 27 heavy (non-hydrogen) atoms. The van der Waals surface area contributed by atoms with Crippen molar-refractivity contribution in [2.45, 2.75) is 25.7 Å². The summed E-state index contributed by atoms with van der Waals surface area (Å²) in [5.41, 5.74) is 0.739. The number of imide groups is 1. The first-order valence-corrected chi connectivity index (χ1v) is 9.86. The normalized spacial score (nSPS) is 21.1. The highest BCUT2D eigenvalue weighted by Gasteiger charge is 2.37. The van der Waals surface area contributed by atoms with Crippen LogP contribution in [0.25, 0.3) is 6.08 Å². The third-order valence-electron chi connectivity index (χ3n) is 4.82.